The lowest BCUT2D eigenvalue weighted by Crippen LogP contribution is -2.43. The summed E-state index contributed by atoms with van der Waals surface area (Å²) in [7, 11) is 2.17. The molecule has 4 aromatic rings. The second kappa shape index (κ2) is 9.99. The van der Waals surface area contributed by atoms with Gasteiger partial charge in [0.1, 0.15) is 0 Å². The first kappa shape index (κ1) is 23.8. The lowest BCUT2D eigenvalue weighted by atomic mass is 10.1. The Labute approximate surface area is 212 Å². The summed E-state index contributed by atoms with van der Waals surface area (Å²) in [6.07, 6.45) is 9.55. The molecule has 0 bridgehead atoms. The van der Waals surface area contributed by atoms with Crippen LogP contribution in [0.25, 0.3) is 39.2 Å². The lowest BCUT2D eigenvalue weighted by molar-refractivity contribution is 0.207. The summed E-state index contributed by atoms with van der Waals surface area (Å²) >= 11 is 0. The number of H-pyrrole nitrogens is 2. The van der Waals surface area contributed by atoms with Crippen LogP contribution < -0.4 is 5.32 Å². The quantitative estimate of drug-likeness (QED) is 0.324. The minimum Gasteiger partial charge on any atom is -0.382 e. The topological polar surface area (TPSA) is 88.8 Å². The Morgan fingerprint density at radius 2 is 1.86 bits per heavy atom. The van der Waals surface area contributed by atoms with Crippen molar-refractivity contribution in [1.29, 1.82) is 0 Å². The molecule has 1 fully saturated rings. The van der Waals surface area contributed by atoms with Crippen molar-refractivity contribution in [2.45, 2.75) is 26.8 Å². The molecule has 0 unspecified atom stereocenters. The van der Waals surface area contributed by atoms with Crippen molar-refractivity contribution < 1.29 is 0 Å². The van der Waals surface area contributed by atoms with E-state index in [1.807, 2.05) is 24.7 Å². The van der Waals surface area contributed by atoms with E-state index in [4.69, 9.17) is 0 Å². The van der Waals surface area contributed by atoms with Crippen LogP contribution >= 0.6 is 0 Å². The number of hydrogen-bond acceptors (Lipinski definition) is 6. The Hall–Kier alpha value is -3.91. The number of pyridine rings is 2. The average Bonchev–Trinajstić information content (AvgIpc) is 3.45. The molecule has 5 heterocycles. The van der Waals surface area contributed by atoms with E-state index in [1.165, 1.54) is 11.3 Å². The van der Waals surface area contributed by atoms with Crippen molar-refractivity contribution in [2.75, 3.05) is 38.5 Å². The van der Waals surface area contributed by atoms with E-state index in [1.54, 1.807) is 0 Å². The minimum absolute atomic E-state index is 0.333. The van der Waals surface area contributed by atoms with Crippen molar-refractivity contribution >= 4 is 22.4 Å². The van der Waals surface area contributed by atoms with Crippen LogP contribution in [-0.2, 0) is 0 Å². The molecule has 0 amide bonds. The summed E-state index contributed by atoms with van der Waals surface area (Å²) in [6.45, 7) is 14.4. The molecule has 1 aliphatic rings. The van der Waals surface area contributed by atoms with E-state index < -0.39 is 0 Å². The van der Waals surface area contributed by atoms with Gasteiger partial charge in [-0.15, -0.1) is 0 Å². The van der Waals surface area contributed by atoms with Gasteiger partial charge in [-0.2, -0.15) is 5.10 Å². The molecule has 1 aliphatic heterocycles. The van der Waals surface area contributed by atoms with Crippen LogP contribution in [0.2, 0.25) is 0 Å². The zero-order valence-electron chi connectivity index (χ0n) is 21.5. The second-order valence-electron chi connectivity index (χ2n) is 9.75. The van der Waals surface area contributed by atoms with Gasteiger partial charge in [-0.25, -0.2) is 4.98 Å². The van der Waals surface area contributed by atoms with Crippen LogP contribution in [0.3, 0.4) is 0 Å². The Balaban J connectivity index is 1.51. The maximum atomic E-state index is 4.63. The Morgan fingerprint density at radius 1 is 1.08 bits per heavy atom. The monoisotopic (exact) mass is 482 g/mol. The number of aromatic nitrogens is 5. The van der Waals surface area contributed by atoms with Crippen molar-refractivity contribution in [2.24, 2.45) is 0 Å². The van der Waals surface area contributed by atoms with Gasteiger partial charge in [-0.05, 0) is 52.1 Å². The van der Waals surface area contributed by atoms with Crippen molar-refractivity contribution in [3.63, 3.8) is 0 Å². The van der Waals surface area contributed by atoms with E-state index in [2.05, 4.69) is 98.9 Å². The first-order valence-corrected chi connectivity index (χ1v) is 12.5. The van der Waals surface area contributed by atoms with Crippen LogP contribution in [0.4, 0.5) is 5.69 Å². The number of anilines is 1. The molecule has 5 rings (SSSR count). The average molecular weight is 483 g/mol. The summed E-state index contributed by atoms with van der Waals surface area (Å²) in [4.78, 5) is 17.4. The van der Waals surface area contributed by atoms with Crippen LogP contribution in [-0.4, -0.2) is 74.2 Å². The predicted molar refractivity (Wildman–Crippen MR) is 148 cm³/mol. The number of fused-ring (bicyclic) bond motifs is 1. The number of nitrogens with zero attached hydrogens (tertiary/aromatic N) is 5. The third-order valence-corrected chi connectivity index (χ3v) is 6.62. The summed E-state index contributed by atoms with van der Waals surface area (Å²) in [5.74, 6) is 0. The summed E-state index contributed by atoms with van der Waals surface area (Å²) in [5.41, 5.74) is 9.09. The molecule has 8 nitrogen and oxygen atoms in total. The fourth-order valence-corrected chi connectivity index (χ4v) is 4.76. The van der Waals surface area contributed by atoms with Gasteiger partial charge in [0.25, 0.3) is 0 Å². The minimum atomic E-state index is 0.333. The van der Waals surface area contributed by atoms with Crippen LogP contribution in [0.5, 0.6) is 0 Å². The lowest BCUT2D eigenvalue weighted by Gasteiger charge is -2.35. The first-order chi connectivity index (χ1) is 17.4. The molecule has 4 aromatic heterocycles. The smallest absolute Gasteiger partial charge is 0.181 e. The highest BCUT2D eigenvalue weighted by molar-refractivity contribution is 5.93. The standard InChI is InChI=1S/C28H34N8/c1-6-7-26(36-10-8-35(5)9-11-36)23-14-25(32-19(23)4)27-24-13-21(16-30-28(24)34-33-27)20-12-22(17-29-15-20)31-18(2)3/h6-7,12-18,31-32H,1,8-11H2,2-5H3,(H,30,33,34)/b26-7+. The third-order valence-electron chi connectivity index (χ3n) is 6.62. The molecule has 186 valence electrons. The third kappa shape index (κ3) is 4.77. The van der Waals surface area contributed by atoms with Crippen molar-refractivity contribution in [3.05, 3.63) is 66.8 Å². The van der Waals surface area contributed by atoms with Crippen molar-refractivity contribution in [3.8, 4) is 22.5 Å². The maximum absolute atomic E-state index is 4.63. The van der Waals surface area contributed by atoms with E-state index in [0.717, 1.165) is 65.5 Å². The van der Waals surface area contributed by atoms with Crippen LogP contribution in [0.15, 0.2) is 55.5 Å². The van der Waals surface area contributed by atoms with Gasteiger partial charge in [0.15, 0.2) is 5.65 Å². The molecule has 1 saturated heterocycles. The maximum Gasteiger partial charge on any atom is 0.181 e. The molecular formula is C28H34N8. The molecule has 0 aromatic carbocycles. The molecule has 0 saturated carbocycles. The largest absolute Gasteiger partial charge is 0.382 e. The van der Waals surface area contributed by atoms with Gasteiger partial charge in [-0.3, -0.25) is 10.1 Å². The second-order valence-corrected chi connectivity index (χ2v) is 9.75. The molecule has 36 heavy (non-hydrogen) atoms. The van der Waals surface area contributed by atoms with Gasteiger partial charge in [0.2, 0.25) is 0 Å². The van der Waals surface area contributed by atoms with Gasteiger partial charge >= 0.3 is 0 Å². The van der Waals surface area contributed by atoms with Gasteiger partial charge in [0.05, 0.1) is 17.1 Å². The van der Waals surface area contributed by atoms with Gasteiger partial charge in [0, 0.05) is 84.3 Å². The molecule has 0 aliphatic carbocycles. The Bertz CT molecular complexity index is 1400. The SMILES string of the molecule is C=C/C=C(\c1cc(-c2[nH]nc3ncc(-c4cncc(NC(C)C)c4)cc23)[nH]c1C)N1CCN(C)CC1. The Morgan fingerprint density at radius 3 is 2.61 bits per heavy atom. The van der Waals surface area contributed by atoms with Crippen LogP contribution in [0, 0.1) is 6.92 Å². The van der Waals surface area contributed by atoms with E-state index >= 15 is 0 Å². The number of aromatic amines is 2. The molecular weight excluding hydrogens is 448 g/mol. The fourth-order valence-electron chi connectivity index (χ4n) is 4.76. The number of aryl methyl sites for hydroxylation is 1. The molecule has 0 radical (unpaired) electrons. The highest BCUT2D eigenvalue weighted by Gasteiger charge is 2.21. The highest BCUT2D eigenvalue weighted by atomic mass is 15.3. The number of piperazine rings is 1. The van der Waals surface area contributed by atoms with E-state index in [9.17, 15) is 0 Å². The first-order valence-electron chi connectivity index (χ1n) is 12.5. The van der Waals surface area contributed by atoms with E-state index in [0.29, 0.717) is 11.7 Å². The number of rotatable bonds is 7. The summed E-state index contributed by atoms with van der Waals surface area (Å²) in [5, 5.41) is 12.1. The van der Waals surface area contributed by atoms with E-state index in [-0.39, 0.29) is 0 Å². The van der Waals surface area contributed by atoms with Crippen molar-refractivity contribution in [1.82, 2.24) is 34.9 Å². The Kier molecular flexibility index (Phi) is 6.61. The molecule has 8 heteroatoms. The van der Waals surface area contributed by atoms with Gasteiger partial charge in [-0.1, -0.05) is 12.7 Å². The zero-order valence-corrected chi connectivity index (χ0v) is 21.5. The predicted octanol–water partition coefficient (Wildman–Crippen LogP) is 4.92. The normalized spacial score (nSPS) is 15.1. The fraction of sp³-hybridized carbons (Fsp3) is 0.321. The van der Waals surface area contributed by atoms with Gasteiger partial charge < -0.3 is 20.1 Å². The molecule has 3 N–H and O–H groups in total. The molecule has 0 atom stereocenters. The summed E-state index contributed by atoms with van der Waals surface area (Å²) < 4.78 is 0. The number of allylic oxidation sites excluding steroid dienone is 2. The van der Waals surface area contributed by atoms with Crippen LogP contribution in [0.1, 0.15) is 25.1 Å². The molecule has 0 spiro atoms. The number of likely N-dealkylation sites (N-methyl/N-ethyl adjacent to an activating group) is 1. The number of nitrogens with one attached hydrogen (secondary N) is 3. The number of hydrogen-bond donors (Lipinski definition) is 3. The highest BCUT2D eigenvalue weighted by Crippen LogP contribution is 2.33. The summed E-state index contributed by atoms with van der Waals surface area (Å²) in [6, 6.07) is 6.78. The zero-order chi connectivity index (χ0) is 25.2.